The number of carboxylic acid groups (broad SMARTS) is 1. The van der Waals surface area contributed by atoms with Gasteiger partial charge in [0.1, 0.15) is 6.54 Å². The number of carboxylic acids is 1. The lowest BCUT2D eigenvalue weighted by Crippen LogP contribution is -2.47. The molecule has 0 aromatic carbocycles. The first-order chi connectivity index (χ1) is 7.43. The third-order valence-electron chi connectivity index (χ3n) is 1.50. The molecule has 0 saturated heterocycles. The van der Waals surface area contributed by atoms with Crippen LogP contribution in [0, 0.1) is 0 Å². The van der Waals surface area contributed by atoms with E-state index < -0.39 is 36.8 Å². The summed E-state index contributed by atoms with van der Waals surface area (Å²) in [7, 11) is 0. The summed E-state index contributed by atoms with van der Waals surface area (Å²) in [5.41, 5.74) is 4.97. The van der Waals surface area contributed by atoms with Crippen molar-refractivity contribution in [2.24, 2.45) is 5.73 Å². The molecule has 0 saturated carbocycles. The second kappa shape index (κ2) is 6.51. The number of aliphatic carboxylic acids is 1. The molecule has 16 heavy (non-hydrogen) atoms. The van der Waals surface area contributed by atoms with E-state index in [0.717, 1.165) is 0 Å². The topological polar surface area (TPSA) is 127 Å². The summed E-state index contributed by atoms with van der Waals surface area (Å²) in [6, 6.07) is 0. The first kappa shape index (κ1) is 14.0. The van der Waals surface area contributed by atoms with E-state index in [9.17, 15) is 19.2 Å². The van der Waals surface area contributed by atoms with Crippen molar-refractivity contribution in [3.05, 3.63) is 0 Å². The number of ether oxygens (including phenoxy) is 1. The fraction of sp³-hybridized carbons (Fsp3) is 0.500. The molecule has 0 aliphatic carbocycles. The molecule has 0 aromatic heterocycles. The minimum absolute atomic E-state index is 0.0603. The SMILES string of the molecule is CCOC(=O)CN(C(=O)CN)C(=O)C(=O)O. The molecule has 2 amide bonds. The molecule has 0 rings (SSSR count). The van der Waals surface area contributed by atoms with Crippen LogP contribution < -0.4 is 5.73 Å². The van der Waals surface area contributed by atoms with Crippen LogP contribution >= 0.6 is 0 Å². The Morgan fingerprint density at radius 1 is 1.31 bits per heavy atom. The zero-order valence-electron chi connectivity index (χ0n) is 8.63. The van der Waals surface area contributed by atoms with E-state index >= 15 is 0 Å². The minimum atomic E-state index is -1.84. The van der Waals surface area contributed by atoms with Gasteiger partial charge < -0.3 is 15.6 Å². The normalized spacial score (nSPS) is 9.38. The van der Waals surface area contributed by atoms with Gasteiger partial charge in [-0.1, -0.05) is 0 Å². The lowest BCUT2D eigenvalue weighted by Gasteiger charge is -2.16. The Balaban J connectivity index is 4.69. The van der Waals surface area contributed by atoms with Crippen LogP contribution in [0.15, 0.2) is 0 Å². The molecule has 0 spiro atoms. The van der Waals surface area contributed by atoms with Crippen molar-refractivity contribution < 1.29 is 29.0 Å². The number of nitrogens with zero attached hydrogens (tertiary/aromatic N) is 1. The molecule has 0 bridgehead atoms. The molecule has 90 valence electrons. The number of esters is 1. The zero-order chi connectivity index (χ0) is 12.7. The maximum absolute atomic E-state index is 11.1. The van der Waals surface area contributed by atoms with Gasteiger partial charge in [0, 0.05) is 0 Å². The molecule has 0 atom stereocenters. The van der Waals surface area contributed by atoms with Gasteiger partial charge in [-0.25, -0.2) is 4.79 Å². The highest BCUT2D eigenvalue weighted by atomic mass is 16.5. The Morgan fingerprint density at radius 3 is 2.25 bits per heavy atom. The maximum Gasteiger partial charge on any atom is 0.395 e. The number of carbonyl (C=O) groups excluding carboxylic acids is 3. The third kappa shape index (κ3) is 4.05. The van der Waals surface area contributed by atoms with E-state index in [2.05, 4.69) is 4.74 Å². The second-order valence-corrected chi connectivity index (χ2v) is 2.60. The molecular formula is C8H12N2O6. The lowest BCUT2D eigenvalue weighted by atomic mass is 10.4. The number of hydrogen-bond donors (Lipinski definition) is 2. The van der Waals surface area contributed by atoms with E-state index in [1.165, 1.54) is 6.92 Å². The van der Waals surface area contributed by atoms with Crippen molar-refractivity contribution in [3.8, 4) is 0 Å². The van der Waals surface area contributed by atoms with E-state index in [1.807, 2.05) is 0 Å². The quantitative estimate of drug-likeness (QED) is 0.421. The van der Waals surface area contributed by atoms with Gasteiger partial charge in [-0.15, -0.1) is 0 Å². The Labute approximate surface area is 90.9 Å². The maximum atomic E-state index is 11.1. The molecule has 0 aromatic rings. The third-order valence-corrected chi connectivity index (χ3v) is 1.50. The fourth-order valence-electron chi connectivity index (χ4n) is 0.835. The van der Waals surface area contributed by atoms with Crippen LogP contribution in [0.25, 0.3) is 0 Å². The van der Waals surface area contributed by atoms with Crippen LogP contribution in [0.3, 0.4) is 0 Å². The monoisotopic (exact) mass is 232 g/mol. The van der Waals surface area contributed by atoms with Crippen molar-refractivity contribution in [2.75, 3.05) is 19.7 Å². The Morgan fingerprint density at radius 2 is 1.88 bits per heavy atom. The summed E-state index contributed by atoms with van der Waals surface area (Å²) >= 11 is 0. The molecule has 0 unspecified atom stereocenters. The number of hydrogen-bond acceptors (Lipinski definition) is 6. The van der Waals surface area contributed by atoms with Gasteiger partial charge in [0.25, 0.3) is 0 Å². The number of nitrogens with two attached hydrogens (primary N) is 1. The number of carbonyl (C=O) groups is 4. The highest BCUT2D eigenvalue weighted by Crippen LogP contribution is 1.93. The molecule has 0 radical (unpaired) electrons. The van der Waals surface area contributed by atoms with Crippen LogP contribution in [0.1, 0.15) is 6.92 Å². The van der Waals surface area contributed by atoms with Gasteiger partial charge in [-0.2, -0.15) is 0 Å². The lowest BCUT2D eigenvalue weighted by molar-refractivity contribution is -0.163. The second-order valence-electron chi connectivity index (χ2n) is 2.60. The van der Waals surface area contributed by atoms with Gasteiger partial charge in [0.2, 0.25) is 5.91 Å². The van der Waals surface area contributed by atoms with Gasteiger partial charge >= 0.3 is 17.8 Å². The minimum Gasteiger partial charge on any atom is -0.474 e. The number of imide groups is 1. The van der Waals surface area contributed by atoms with Crippen molar-refractivity contribution in [1.29, 1.82) is 0 Å². The summed E-state index contributed by atoms with van der Waals surface area (Å²) in [6.07, 6.45) is 0. The average Bonchev–Trinajstić information content (AvgIpc) is 2.24. The summed E-state index contributed by atoms with van der Waals surface area (Å²) in [5, 5.41) is 8.40. The highest BCUT2D eigenvalue weighted by molar-refractivity contribution is 6.34. The first-order valence-electron chi connectivity index (χ1n) is 4.37. The summed E-state index contributed by atoms with van der Waals surface area (Å²) in [6.45, 7) is 0.268. The smallest absolute Gasteiger partial charge is 0.395 e. The zero-order valence-corrected chi connectivity index (χ0v) is 8.63. The van der Waals surface area contributed by atoms with E-state index in [1.54, 1.807) is 0 Å². The molecule has 8 heteroatoms. The van der Waals surface area contributed by atoms with Crippen molar-refractivity contribution >= 4 is 23.8 Å². The van der Waals surface area contributed by atoms with Gasteiger partial charge in [-0.05, 0) is 6.92 Å². The molecule has 0 fully saturated rings. The van der Waals surface area contributed by atoms with E-state index in [0.29, 0.717) is 0 Å². The van der Waals surface area contributed by atoms with Gasteiger partial charge in [0.15, 0.2) is 0 Å². The summed E-state index contributed by atoms with van der Waals surface area (Å²) in [5.74, 6) is -5.19. The number of amides is 2. The fourth-order valence-corrected chi connectivity index (χ4v) is 0.835. The molecule has 8 nitrogen and oxygen atoms in total. The van der Waals surface area contributed by atoms with Crippen LogP contribution in [-0.2, 0) is 23.9 Å². The predicted molar refractivity (Wildman–Crippen MR) is 50.0 cm³/mol. The van der Waals surface area contributed by atoms with E-state index in [4.69, 9.17) is 10.8 Å². The molecule has 0 aliphatic rings. The standard InChI is InChI=1S/C8H12N2O6/c1-2-16-6(12)4-10(5(11)3-9)7(13)8(14)15/h2-4,9H2,1H3,(H,14,15). The van der Waals surface area contributed by atoms with Crippen LogP contribution in [0.2, 0.25) is 0 Å². The highest BCUT2D eigenvalue weighted by Gasteiger charge is 2.28. The molecular weight excluding hydrogens is 220 g/mol. The number of rotatable bonds is 4. The summed E-state index contributed by atoms with van der Waals surface area (Å²) in [4.78, 5) is 43.7. The van der Waals surface area contributed by atoms with E-state index in [-0.39, 0.29) is 11.5 Å². The average molecular weight is 232 g/mol. The predicted octanol–water partition coefficient (Wildman–Crippen LogP) is -2.05. The van der Waals surface area contributed by atoms with Crippen LogP contribution in [0.5, 0.6) is 0 Å². The summed E-state index contributed by atoms with van der Waals surface area (Å²) < 4.78 is 4.48. The van der Waals surface area contributed by atoms with Crippen LogP contribution in [0.4, 0.5) is 0 Å². The van der Waals surface area contributed by atoms with Crippen molar-refractivity contribution in [3.63, 3.8) is 0 Å². The largest absolute Gasteiger partial charge is 0.474 e. The van der Waals surface area contributed by atoms with Crippen molar-refractivity contribution in [1.82, 2.24) is 4.90 Å². The Hall–Kier alpha value is -1.96. The molecule has 3 N–H and O–H groups in total. The van der Waals surface area contributed by atoms with Crippen molar-refractivity contribution in [2.45, 2.75) is 6.92 Å². The van der Waals surface area contributed by atoms with Crippen LogP contribution in [-0.4, -0.2) is 53.5 Å². The van der Waals surface area contributed by atoms with Gasteiger partial charge in [-0.3, -0.25) is 19.3 Å². The Bertz CT molecular complexity index is 314. The molecule has 0 heterocycles. The Kier molecular flexibility index (Phi) is 5.71. The molecule has 0 aliphatic heterocycles. The first-order valence-corrected chi connectivity index (χ1v) is 4.37. The van der Waals surface area contributed by atoms with Gasteiger partial charge in [0.05, 0.1) is 13.2 Å².